The SMILES string of the molecule is CC(C)(C)CC1Oc2cnccc2NC1=O. The average molecular weight is 220 g/mol. The van der Waals surface area contributed by atoms with E-state index in [0.29, 0.717) is 17.9 Å². The molecule has 2 rings (SSSR count). The molecule has 0 radical (unpaired) electrons. The van der Waals surface area contributed by atoms with E-state index in [1.807, 2.05) is 0 Å². The van der Waals surface area contributed by atoms with E-state index in [4.69, 9.17) is 4.74 Å². The maximum absolute atomic E-state index is 11.8. The Morgan fingerprint density at radius 1 is 1.50 bits per heavy atom. The predicted molar refractivity (Wildman–Crippen MR) is 61.4 cm³/mol. The molecule has 1 aromatic rings. The van der Waals surface area contributed by atoms with Crippen LogP contribution in [0.2, 0.25) is 0 Å². The standard InChI is InChI=1S/C12H16N2O2/c1-12(2,3)6-9-11(15)14-8-4-5-13-7-10(8)16-9/h4-5,7,9H,6H2,1-3H3,(H,14,15). The smallest absolute Gasteiger partial charge is 0.265 e. The van der Waals surface area contributed by atoms with Crippen molar-refractivity contribution in [2.45, 2.75) is 33.3 Å². The van der Waals surface area contributed by atoms with Crippen molar-refractivity contribution in [2.24, 2.45) is 5.41 Å². The first kappa shape index (κ1) is 10.9. The van der Waals surface area contributed by atoms with Crippen molar-refractivity contribution >= 4 is 11.6 Å². The Morgan fingerprint density at radius 3 is 2.94 bits per heavy atom. The molecule has 0 fully saturated rings. The van der Waals surface area contributed by atoms with Crippen LogP contribution < -0.4 is 10.1 Å². The lowest BCUT2D eigenvalue weighted by Gasteiger charge is -2.29. The second kappa shape index (κ2) is 3.77. The first-order valence-corrected chi connectivity index (χ1v) is 5.37. The molecule has 0 aliphatic carbocycles. The van der Waals surface area contributed by atoms with Gasteiger partial charge in [0, 0.05) is 6.20 Å². The van der Waals surface area contributed by atoms with E-state index in [9.17, 15) is 4.79 Å². The molecule has 0 saturated carbocycles. The molecule has 1 aliphatic heterocycles. The Labute approximate surface area is 95.0 Å². The number of nitrogens with one attached hydrogen (secondary N) is 1. The summed E-state index contributed by atoms with van der Waals surface area (Å²) in [6.07, 6.45) is 3.53. The number of amides is 1. The third kappa shape index (κ3) is 2.32. The molecule has 0 aromatic carbocycles. The van der Waals surface area contributed by atoms with E-state index in [-0.39, 0.29) is 11.3 Å². The summed E-state index contributed by atoms with van der Waals surface area (Å²) in [5.41, 5.74) is 0.756. The lowest BCUT2D eigenvalue weighted by Crippen LogP contribution is -2.39. The molecule has 1 N–H and O–H groups in total. The fourth-order valence-electron chi connectivity index (χ4n) is 1.69. The quantitative estimate of drug-likeness (QED) is 0.789. The van der Waals surface area contributed by atoms with E-state index in [1.165, 1.54) is 0 Å². The number of hydrogen-bond donors (Lipinski definition) is 1. The minimum atomic E-state index is -0.420. The maximum Gasteiger partial charge on any atom is 0.265 e. The molecule has 1 atom stereocenters. The monoisotopic (exact) mass is 220 g/mol. The third-order valence-corrected chi connectivity index (χ3v) is 2.40. The number of carbonyl (C=O) groups is 1. The molecular weight excluding hydrogens is 204 g/mol. The summed E-state index contributed by atoms with van der Waals surface area (Å²) in [6.45, 7) is 6.26. The largest absolute Gasteiger partial charge is 0.477 e. The van der Waals surface area contributed by atoms with E-state index >= 15 is 0 Å². The van der Waals surface area contributed by atoms with Gasteiger partial charge in [-0.2, -0.15) is 0 Å². The molecule has 0 saturated heterocycles. The zero-order chi connectivity index (χ0) is 11.8. The van der Waals surface area contributed by atoms with Gasteiger partial charge in [0.15, 0.2) is 11.9 Å². The van der Waals surface area contributed by atoms with Gasteiger partial charge in [-0.05, 0) is 17.9 Å². The molecule has 0 spiro atoms. The van der Waals surface area contributed by atoms with Crippen molar-refractivity contribution in [2.75, 3.05) is 5.32 Å². The number of anilines is 1. The molecule has 4 heteroatoms. The minimum Gasteiger partial charge on any atom is -0.477 e. The summed E-state index contributed by atoms with van der Waals surface area (Å²) < 4.78 is 5.65. The molecule has 4 nitrogen and oxygen atoms in total. The summed E-state index contributed by atoms with van der Waals surface area (Å²) in [7, 11) is 0. The van der Waals surface area contributed by atoms with Gasteiger partial charge in [-0.25, -0.2) is 0 Å². The molecule has 2 heterocycles. The number of rotatable bonds is 1. The van der Waals surface area contributed by atoms with E-state index < -0.39 is 6.10 Å². The van der Waals surface area contributed by atoms with Crippen molar-refractivity contribution in [1.82, 2.24) is 4.98 Å². The van der Waals surface area contributed by atoms with Crippen LogP contribution >= 0.6 is 0 Å². The number of carbonyl (C=O) groups excluding carboxylic acids is 1. The van der Waals surface area contributed by atoms with Crippen LogP contribution in [0.4, 0.5) is 5.69 Å². The number of hydrogen-bond acceptors (Lipinski definition) is 3. The van der Waals surface area contributed by atoms with Crippen LogP contribution in [-0.2, 0) is 4.79 Å². The Balaban J connectivity index is 2.18. The lowest BCUT2D eigenvalue weighted by atomic mass is 9.88. The fourth-order valence-corrected chi connectivity index (χ4v) is 1.69. The summed E-state index contributed by atoms with van der Waals surface area (Å²) >= 11 is 0. The summed E-state index contributed by atoms with van der Waals surface area (Å²) in [6, 6.07) is 1.74. The van der Waals surface area contributed by atoms with Gasteiger partial charge >= 0.3 is 0 Å². The van der Waals surface area contributed by atoms with Gasteiger partial charge in [0.05, 0.1) is 11.9 Å². The van der Waals surface area contributed by atoms with Gasteiger partial charge in [-0.1, -0.05) is 20.8 Å². The highest BCUT2D eigenvalue weighted by atomic mass is 16.5. The van der Waals surface area contributed by atoms with E-state index in [0.717, 1.165) is 0 Å². The van der Waals surface area contributed by atoms with Crippen molar-refractivity contribution in [3.63, 3.8) is 0 Å². The van der Waals surface area contributed by atoms with Gasteiger partial charge < -0.3 is 10.1 Å². The highest BCUT2D eigenvalue weighted by molar-refractivity contribution is 5.97. The van der Waals surface area contributed by atoms with Crippen LogP contribution in [0.15, 0.2) is 18.5 Å². The average Bonchev–Trinajstić information content (AvgIpc) is 2.17. The third-order valence-electron chi connectivity index (χ3n) is 2.40. The number of fused-ring (bicyclic) bond motifs is 1. The Hall–Kier alpha value is -1.58. The van der Waals surface area contributed by atoms with Crippen LogP contribution in [0.3, 0.4) is 0 Å². The molecule has 1 aromatic heterocycles. The van der Waals surface area contributed by atoms with Gasteiger partial charge in [0.1, 0.15) is 0 Å². The lowest BCUT2D eigenvalue weighted by molar-refractivity contribution is -0.124. The highest BCUT2D eigenvalue weighted by Gasteiger charge is 2.31. The summed E-state index contributed by atoms with van der Waals surface area (Å²) in [5.74, 6) is 0.574. The summed E-state index contributed by atoms with van der Waals surface area (Å²) in [5, 5.41) is 2.83. The Bertz CT molecular complexity index is 410. The van der Waals surface area contributed by atoms with Crippen LogP contribution in [0, 0.1) is 5.41 Å². The van der Waals surface area contributed by atoms with Gasteiger partial charge in [0.25, 0.3) is 5.91 Å². The van der Waals surface area contributed by atoms with Crippen molar-refractivity contribution in [3.8, 4) is 5.75 Å². The predicted octanol–water partition coefficient (Wildman–Crippen LogP) is 2.22. The highest BCUT2D eigenvalue weighted by Crippen LogP contribution is 2.32. The molecular formula is C12H16N2O2. The van der Waals surface area contributed by atoms with Crippen molar-refractivity contribution in [3.05, 3.63) is 18.5 Å². The van der Waals surface area contributed by atoms with Crippen molar-refractivity contribution < 1.29 is 9.53 Å². The minimum absolute atomic E-state index is 0.0573. The zero-order valence-electron chi connectivity index (χ0n) is 9.78. The Kier molecular flexibility index (Phi) is 2.58. The molecule has 86 valence electrons. The van der Waals surface area contributed by atoms with E-state index in [2.05, 4.69) is 31.1 Å². The molecule has 0 bridgehead atoms. The van der Waals surface area contributed by atoms with Crippen LogP contribution in [-0.4, -0.2) is 17.0 Å². The molecule has 16 heavy (non-hydrogen) atoms. The first-order chi connectivity index (χ1) is 7.46. The second-order valence-electron chi connectivity index (χ2n) is 5.23. The Morgan fingerprint density at radius 2 is 2.25 bits per heavy atom. The zero-order valence-corrected chi connectivity index (χ0v) is 9.78. The fraction of sp³-hybridized carbons (Fsp3) is 0.500. The van der Waals surface area contributed by atoms with Crippen LogP contribution in [0.5, 0.6) is 5.75 Å². The molecule has 1 amide bonds. The maximum atomic E-state index is 11.8. The van der Waals surface area contributed by atoms with Gasteiger partial charge in [-0.3, -0.25) is 9.78 Å². The van der Waals surface area contributed by atoms with E-state index in [1.54, 1.807) is 18.5 Å². The van der Waals surface area contributed by atoms with Gasteiger partial charge in [0.2, 0.25) is 0 Å². The number of nitrogens with zero attached hydrogens (tertiary/aromatic N) is 1. The molecule has 1 unspecified atom stereocenters. The topological polar surface area (TPSA) is 51.2 Å². The van der Waals surface area contributed by atoms with Crippen molar-refractivity contribution in [1.29, 1.82) is 0 Å². The number of pyridine rings is 1. The number of ether oxygens (including phenoxy) is 1. The first-order valence-electron chi connectivity index (χ1n) is 5.37. The normalized spacial score (nSPS) is 19.7. The second-order valence-corrected chi connectivity index (χ2v) is 5.23. The molecule has 1 aliphatic rings. The van der Waals surface area contributed by atoms with Crippen LogP contribution in [0.25, 0.3) is 0 Å². The van der Waals surface area contributed by atoms with Crippen LogP contribution in [0.1, 0.15) is 27.2 Å². The number of aromatic nitrogens is 1. The van der Waals surface area contributed by atoms with Gasteiger partial charge in [-0.15, -0.1) is 0 Å². The summed E-state index contributed by atoms with van der Waals surface area (Å²) in [4.78, 5) is 15.8.